The van der Waals surface area contributed by atoms with E-state index in [9.17, 15) is 13.2 Å². The van der Waals surface area contributed by atoms with E-state index in [4.69, 9.17) is 0 Å². The van der Waals surface area contributed by atoms with Crippen LogP contribution in [0.1, 0.15) is 44.2 Å². The van der Waals surface area contributed by atoms with Gasteiger partial charge in [0.25, 0.3) is 0 Å². The van der Waals surface area contributed by atoms with Gasteiger partial charge >= 0.3 is 6.03 Å². The number of benzene rings is 1. The van der Waals surface area contributed by atoms with Gasteiger partial charge in [-0.3, -0.25) is 0 Å². The van der Waals surface area contributed by atoms with Crippen LogP contribution in [-0.4, -0.2) is 43.6 Å². The summed E-state index contributed by atoms with van der Waals surface area (Å²) in [4.78, 5) is 12.4. The summed E-state index contributed by atoms with van der Waals surface area (Å²) >= 11 is 0. The number of nitrogens with zero attached hydrogens (tertiary/aromatic N) is 1. The normalized spacial score (nSPS) is 20.8. The molecule has 1 aliphatic carbocycles. The van der Waals surface area contributed by atoms with E-state index in [1.807, 2.05) is 18.2 Å². The monoisotopic (exact) mass is 365 g/mol. The highest BCUT2D eigenvalue weighted by Crippen LogP contribution is 2.40. The molecule has 2 fully saturated rings. The number of rotatable bonds is 6. The van der Waals surface area contributed by atoms with Crippen LogP contribution in [0, 0.1) is 5.92 Å². The lowest BCUT2D eigenvalue weighted by atomic mass is 10.0. The summed E-state index contributed by atoms with van der Waals surface area (Å²) in [5.41, 5.74) is 1.14. The Hall–Kier alpha value is -1.60. The Labute approximate surface area is 150 Å². The summed E-state index contributed by atoms with van der Waals surface area (Å²) < 4.78 is 25.3. The first-order valence-electron chi connectivity index (χ1n) is 9.09. The van der Waals surface area contributed by atoms with Crippen molar-refractivity contribution in [1.82, 2.24) is 14.9 Å². The van der Waals surface area contributed by atoms with Gasteiger partial charge < -0.3 is 10.6 Å². The second kappa shape index (κ2) is 7.74. The number of hydrogen-bond acceptors (Lipinski definition) is 3. The van der Waals surface area contributed by atoms with Gasteiger partial charge in [0.2, 0.25) is 10.0 Å². The van der Waals surface area contributed by atoms with Crippen LogP contribution in [0.5, 0.6) is 0 Å². The Morgan fingerprint density at radius 3 is 2.36 bits per heavy atom. The van der Waals surface area contributed by atoms with Crippen LogP contribution >= 0.6 is 0 Å². The molecule has 2 N–H and O–H groups in total. The molecule has 0 spiro atoms. The molecule has 1 unspecified atom stereocenters. The lowest BCUT2D eigenvalue weighted by Gasteiger charge is -2.31. The maximum atomic E-state index is 12.4. The summed E-state index contributed by atoms with van der Waals surface area (Å²) in [6, 6.07) is 10.0. The number of nitrogens with one attached hydrogen (secondary N) is 2. The first-order chi connectivity index (χ1) is 12.0. The molecular weight excluding hydrogens is 338 g/mol. The zero-order valence-electron chi connectivity index (χ0n) is 14.6. The minimum Gasteiger partial charge on any atom is -0.335 e. The predicted octanol–water partition coefficient (Wildman–Crippen LogP) is 2.25. The highest BCUT2D eigenvalue weighted by molar-refractivity contribution is 7.89. The smallest absolute Gasteiger partial charge is 0.315 e. The van der Waals surface area contributed by atoms with Gasteiger partial charge in [-0.2, -0.15) is 0 Å². The Balaban J connectivity index is 1.51. The topological polar surface area (TPSA) is 78.5 Å². The summed E-state index contributed by atoms with van der Waals surface area (Å²) in [6.07, 6.45) is 3.61. The SMILES string of the molecule is CCS(=O)(=O)N1CCC(NC(=O)NC(c2ccccc2)C2CC2)CC1. The Morgan fingerprint density at radius 1 is 1.16 bits per heavy atom. The number of carbonyl (C=O) groups excluding carboxylic acids is 1. The number of hydrogen-bond donors (Lipinski definition) is 2. The van der Waals surface area contributed by atoms with Crippen molar-refractivity contribution in [1.29, 1.82) is 0 Å². The average molecular weight is 365 g/mol. The zero-order valence-corrected chi connectivity index (χ0v) is 15.5. The maximum absolute atomic E-state index is 12.4. The highest BCUT2D eigenvalue weighted by atomic mass is 32.2. The van der Waals surface area contributed by atoms with Gasteiger partial charge in [0.05, 0.1) is 11.8 Å². The molecule has 138 valence electrons. The molecule has 0 radical (unpaired) electrons. The molecule has 0 aromatic heterocycles. The fraction of sp³-hybridized carbons (Fsp3) is 0.611. The summed E-state index contributed by atoms with van der Waals surface area (Å²) in [5, 5.41) is 6.13. The number of sulfonamides is 1. The van der Waals surface area contributed by atoms with Gasteiger partial charge in [-0.15, -0.1) is 0 Å². The summed E-state index contributed by atoms with van der Waals surface area (Å²) in [6.45, 7) is 2.62. The van der Waals surface area contributed by atoms with E-state index in [0.717, 1.165) is 18.4 Å². The fourth-order valence-corrected chi connectivity index (χ4v) is 4.52. The zero-order chi connectivity index (χ0) is 17.9. The largest absolute Gasteiger partial charge is 0.335 e. The summed E-state index contributed by atoms with van der Waals surface area (Å²) in [5.74, 6) is 0.649. The Bertz CT molecular complexity index is 681. The third-order valence-electron chi connectivity index (χ3n) is 5.09. The van der Waals surface area contributed by atoms with E-state index in [1.165, 1.54) is 4.31 Å². The molecule has 1 aromatic carbocycles. The van der Waals surface area contributed by atoms with Gasteiger partial charge in [-0.05, 0) is 44.1 Å². The van der Waals surface area contributed by atoms with Gasteiger partial charge in [-0.25, -0.2) is 17.5 Å². The fourth-order valence-electron chi connectivity index (χ4n) is 3.39. The van der Waals surface area contributed by atoms with E-state index in [1.54, 1.807) is 6.92 Å². The molecule has 1 heterocycles. The van der Waals surface area contributed by atoms with Crippen molar-refractivity contribution in [2.45, 2.75) is 44.7 Å². The lowest BCUT2D eigenvalue weighted by Crippen LogP contribution is -2.50. The van der Waals surface area contributed by atoms with Crippen molar-refractivity contribution in [3.8, 4) is 0 Å². The van der Waals surface area contributed by atoms with Crippen LogP contribution < -0.4 is 10.6 Å². The minimum absolute atomic E-state index is 0.0268. The predicted molar refractivity (Wildman–Crippen MR) is 97.6 cm³/mol. The molecule has 7 heteroatoms. The third-order valence-corrected chi connectivity index (χ3v) is 6.97. The van der Waals surface area contributed by atoms with E-state index in [0.29, 0.717) is 31.8 Å². The number of carbonyl (C=O) groups is 1. The molecule has 1 saturated carbocycles. The van der Waals surface area contributed by atoms with Gasteiger partial charge in [0, 0.05) is 19.1 Å². The highest BCUT2D eigenvalue weighted by Gasteiger charge is 2.34. The van der Waals surface area contributed by atoms with Crippen LogP contribution in [-0.2, 0) is 10.0 Å². The molecule has 1 aliphatic heterocycles. The number of amides is 2. The van der Waals surface area contributed by atoms with Crippen molar-refractivity contribution >= 4 is 16.1 Å². The molecule has 1 saturated heterocycles. The first-order valence-corrected chi connectivity index (χ1v) is 10.7. The molecule has 25 heavy (non-hydrogen) atoms. The van der Waals surface area contributed by atoms with Crippen molar-refractivity contribution in [3.05, 3.63) is 35.9 Å². The van der Waals surface area contributed by atoms with Crippen LogP contribution in [0.15, 0.2) is 30.3 Å². The third kappa shape index (κ3) is 4.73. The van der Waals surface area contributed by atoms with E-state index in [2.05, 4.69) is 22.8 Å². The average Bonchev–Trinajstić information content (AvgIpc) is 3.46. The number of piperidine rings is 1. The second-order valence-corrected chi connectivity index (χ2v) is 9.18. The molecule has 1 aromatic rings. The van der Waals surface area contributed by atoms with Crippen LogP contribution in [0.4, 0.5) is 4.79 Å². The first kappa shape index (κ1) is 18.2. The second-order valence-electron chi connectivity index (χ2n) is 6.92. The molecule has 0 bridgehead atoms. The summed E-state index contributed by atoms with van der Waals surface area (Å²) in [7, 11) is -3.13. The van der Waals surface area contributed by atoms with E-state index in [-0.39, 0.29) is 23.9 Å². The molecule has 2 amide bonds. The Morgan fingerprint density at radius 2 is 1.80 bits per heavy atom. The molecule has 2 aliphatic rings. The standard InChI is InChI=1S/C18H27N3O3S/c1-2-25(23,24)21-12-10-16(11-13-21)19-18(22)20-17(15-8-9-15)14-6-4-3-5-7-14/h3-7,15-17H,2,8-13H2,1H3,(H2,19,20,22). The van der Waals surface area contributed by atoms with Gasteiger partial charge in [0.1, 0.15) is 0 Å². The van der Waals surface area contributed by atoms with E-state index < -0.39 is 10.0 Å². The quantitative estimate of drug-likeness (QED) is 0.812. The van der Waals surface area contributed by atoms with Gasteiger partial charge in [-0.1, -0.05) is 30.3 Å². The van der Waals surface area contributed by atoms with Crippen molar-refractivity contribution in [2.75, 3.05) is 18.8 Å². The van der Waals surface area contributed by atoms with Crippen molar-refractivity contribution in [2.24, 2.45) is 5.92 Å². The van der Waals surface area contributed by atoms with Crippen molar-refractivity contribution in [3.63, 3.8) is 0 Å². The molecule has 1 atom stereocenters. The van der Waals surface area contributed by atoms with Crippen LogP contribution in [0.2, 0.25) is 0 Å². The van der Waals surface area contributed by atoms with Crippen LogP contribution in [0.25, 0.3) is 0 Å². The van der Waals surface area contributed by atoms with Crippen LogP contribution in [0.3, 0.4) is 0 Å². The lowest BCUT2D eigenvalue weighted by molar-refractivity contribution is 0.222. The Kier molecular flexibility index (Phi) is 5.64. The van der Waals surface area contributed by atoms with Crippen molar-refractivity contribution < 1.29 is 13.2 Å². The van der Waals surface area contributed by atoms with E-state index >= 15 is 0 Å². The number of urea groups is 1. The molecule has 3 rings (SSSR count). The minimum atomic E-state index is -3.13. The molecular formula is C18H27N3O3S. The molecule has 6 nitrogen and oxygen atoms in total. The van der Waals surface area contributed by atoms with Gasteiger partial charge in [0.15, 0.2) is 0 Å². The maximum Gasteiger partial charge on any atom is 0.315 e.